The molecular formula is C36H51N5O10. The number of phenolic OH excluding ortho intramolecular Hbond substituents is 1. The summed E-state index contributed by atoms with van der Waals surface area (Å²) in [5, 5.41) is 45.2. The van der Waals surface area contributed by atoms with E-state index in [0.717, 1.165) is 5.56 Å². The van der Waals surface area contributed by atoms with Crippen LogP contribution in [-0.4, -0.2) is 116 Å². The Morgan fingerprint density at radius 3 is 2.14 bits per heavy atom. The number of aliphatic hydroxyl groups excluding tert-OH is 2. The number of aromatic hydroxyl groups is 1. The standard InChI is InChI=1S/C36H51N5O10/c1-18(42)38-32(47)27-30(45)28(41(8)9)21-15-19-14-20-23(40(6)7)16-22(39-24(43)17-37-33(2,3)4)29(44)26(20)35(48-10-11-49-35)25(19)31(46)34(21,5)36(27)50-12-13-51-36/h16,19,21,28,37,44-46H,10-15,17H2,1-9H3,(H,39,43)(H,38,42,47)/t19-,21-,28-,34+/m0/s1. The molecule has 1 aromatic carbocycles. The van der Waals surface area contributed by atoms with Crippen LogP contribution in [0.1, 0.15) is 52.2 Å². The molecule has 3 aliphatic carbocycles. The highest BCUT2D eigenvalue weighted by Crippen LogP contribution is 2.67. The van der Waals surface area contributed by atoms with Gasteiger partial charge in [-0.15, -0.1) is 0 Å². The molecule has 0 unspecified atom stereocenters. The number of likely N-dealkylation sites (N-methyl/N-ethyl adjacent to an activating group) is 1. The van der Waals surface area contributed by atoms with Crippen molar-refractivity contribution in [2.24, 2.45) is 17.3 Å². The number of benzene rings is 1. The SMILES string of the molecule is CC(=O)NC(=O)C1=C(O)[C@@H](N(C)C)[C@@H]2C[C@@H]3Cc4c(N(C)C)cc(NC(=O)CNC(C)(C)C)c(O)c4C4(OCCO4)C3=C(O)[C@]2(C)C12OCCO2. The third-order valence-corrected chi connectivity index (χ3v) is 10.9. The maximum absolute atomic E-state index is 13.8. The number of nitrogens with zero attached hydrogens (tertiary/aromatic N) is 2. The van der Waals surface area contributed by atoms with Gasteiger partial charge in [-0.2, -0.15) is 0 Å². The van der Waals surface area contributed by atoms with E-state index in [1.165, 1.54) is 6.92 Å². The molecule has 0 bridgehead atoms. The highest BCUT2D eigenvalue weighted by molar-refractivity contribution is 6.05. The number of anilines is 2. The Labute approximate surface area is 297 Å². The Hall–Kier alpha value is -3.73. The van der Waals surface area contributed by atoms with Crippen LogP contribution >= 0.6 is 0 Å². The number of rotatable bonds is 6. The van der Waals surface area contributed by atoms with Gasteiger partial charge in [0.1, 0.15) is 22.8 Å². The largest absolute Gasteiger partial charge is 0.511 e. The normalized spacial score (nSPS) is 27.8. The predicted octanol–water partition coefficient (Wildman–Crippen LogP) is 2.16. The smallest absolute Gasteiger partial charge is 0.262 e. The van der Waals surface area contributed by atoms with E-state index in [1.807, 2.05) is 39.8 Å². The van der Waals surface area contributed by atoms with Crippen LogP contribution in [0.15, 0.2) is 28.7 Å². The zero-order valence-electron chi connectivity index (χ0n) is 30.9. The van der Waals surface area contributed by atoms with Crippen molar-refractivity contribution in [3.63, 3.8) is 0 Å². The molecule has 15 heteroatoms. The van der Waals surface area contributed by atoms with E-state index in [1.54, 1.807) is 32.0 Å². The van der Waals surface area contributed by atoms with E-state index >= 15 is 0 Å². The lowest BCUT2D eigenvalue weighted by Gasteiger charge is -2.60. The Bertz CT molecular complexity index is 1700. The first-order chi connectivity index (χ1) is 23.8. The molecule has 2 aliphatic heterocycles. The van der Waals surface area contributed by atoms with Crippen molar-refractivity contribution < 1.29 is 48.7 Å². The zero-order valence-corrected chi connectivity index (χ0v) is 30.9. The number of carbonyl (C=O) groups is 3. The van der Waals surface area contributed by atoms with Crippen LogP contribution in [0, 0.1) is 17.3 Å². The Morgan fingerprint density at radius 2 is 1.59 bits per heavy atom. The zero-order chi connectivity index (χ0) is 37.4. The number of phenols is 1. The molecule has 51 heavy (non-hydrogen) atoms. The van der Waals surface area contributed by atoms with Gasteiger partial charge in [-0.1, -0.05) is 0 Å². The second kappa shape index (κ2) is 12.7. The van der Waals surface area contributed by atoms with E-state index in [-0.39, 0.29) is 78.5 Å². The van der Waals surface area contributed by atoms with Crippen LogP contribution < -0.4 is 20.9 Å². The van der Waals surface area contributed by atoms with Crippen LogP contribution in [0.4, 0.5) is 11.4 Å². The predicted molar refractivity (Wildman–Crippen MR) is 186 cm³/mol. The third-order valence-electron chi connectivity index (χ3n) is 10.9. The first-order valence-electron chi connectivity index (χ1n) is 17.3. The molecule has 0 radical (unpaired) electrons. The fourth-order valence-corrected chi connectivity index (χ4v) is 8.87. The summed E-state index contributed by atoms with van der Waals surface area (Å²) in [5.74, 6) is -7.50. The number of hydrogen-bond donors (Lipinski definition) is 6. The van der Waals surface area contributed by atoms with Gasteiger partial charge in [0.05, 0.1) is 55.7 Å². The Balaban J connectivity index is 1.59. The number of carbonyl (C=O) groups excluding carboxylic acids is 3. The second-order valence-corrected chi connectivity index (χ2v) is 15.7. The average Bonchev–Trinajstić information content (AvgIpc) is 3.70. The molecule has 2 saturated heterocycles. The Kier molecular flexibility index (Phi) is 9.25. The molecule has 4 atom stereocenters. The van der Waals surface area contributed by atoms with Crippen LogP contribution in [0.25, 0.3) is 0 Å². The van der Waals surface area contributed by atoms with Crippen LogP contribution in [0.5, 0.6) is 5.75 Å². The van der Waals surface area contributed by atoms with Crippen LogP contribution in [0.3, 0.4) is 0 Å². The van der Waals surface area contributed by atoms with Gasteiger partial charge in [0, 0.05) is 43.7 Å². The molecular weight excluding hydrogens is 662 g/mol. The minimum atomic E-state index is -2.00. The first-order valence-corrected chi connectivity index (χ1v) is 17.3. The summed E-state index contributed by atoms with van der Waals surface area (Å²) in [6.45, 7) is 9.11. The summed E-state index contributed by atoms with van der Waals surface area (Å²) < 4.78 is 25.6. The number of amides is 3. The summed E-state index contributed by atoms with van der Waals surface area (Å²) in [6, 6.07) is 0.925. The van der Waals surface area contributed by atoms with E-state index in [0.29, 0.717) is 24.1 Å². The first kappa shape index (κ1) is 37.0. The molecule has 6 N–H and O–H groups in total. The van der Waals surface area contributed by atoms with Gasteiger partial charge in [0.2, 0.25) is 23.4 Å². The third kappa shape index (κ3) is 5.60. The van der Waals surface area contributed by atoms with Gasteiger partial charge < -0.3 is 49.8 Å². The maximum atomic E-state index is 13.8. The molecule has 15 nitrogen and oxygen atoms in total. The van der Waals surface area contributed by atoms with Crippen LogP contribution in [0.2, 0.25) is 0 Å². The number of aliphatic hydroxyl groups is 2. The topological polar surface area (TPSA) is 191 Å². The Morgan fingerprint density at radius 1 is 0.980 bits per heavy atom. The number of imide groups is 1. The van der Waals surface area contributed by atoms with E-state index in [4.69, 9.17) is 18.9 Å². The summed E-state index contributed by atoms with van der Waals surface area (Å²) in [4.78, 5) is 42.7. The summed E-state index contributed by atoms with van der Waals surface area (Å²) in [6.07, 6.45) is 0.699. The maximum Gasteiger partial charge on any atom is 0.262 e. The van der Waals surface area contributed by atoms with Crippen molar-refractivity contribution in [2.45, 2.75) is 70.6 Å². The minimum Gasteiger partial charge on any atom is -0.511 e. The number of ether oxygens (including phenoxy) is 4. The van der Waals surface area contributed by atoms with Crippen molar-refractivity contribution in [3.05, 3.63) is 39.9 Å². The summed E-state index contributed by atoms with van der Waals surface area (Å²) in [7, 11) is 7.26. The molecule has 2 fully saturated rings. The van der Waals surface area contributed by atoms with Crippen molar-refractivity contribution in [2.75, 3.05) is 71.4 Å². The van der Waals surface area contributed by atoms with Crippen molar-refractivity contribution in [3.8, 4) is 5.75 Å². The molecule has 5 aliphatic rings. The lowest BCUT2D eigenvalue weighted by molar-refractivity contribution is -0.245. The lowest BCUT2D eigenvalue weighted by atomic mass is 9.51. The molecule has 0 saturated carbocycles. The van der Waals surface area contributed by atoms with E-state index in [2.05, 4.69) is 16.0 Å². The number of hydrogen-bond acceptors (Lipinski definition) is 13. The van der Waals surface area contributed by atoms with Gasteiger partial charge in [0.25, 0.3) is 5.91 Å². The quantitative estimate of drug-likeness (QED) is 0.236. The van der Waals surface area contributed by atoms with Gasteiger partial charge in [-0.05, 0) is 72.2 Å². The van der Waals surface area contributed by atoms with Crippen molar-refractivity contribution in [1.82, 2.24) is 15.5 Å². The molecule has 6 rings (SSSR count). The number of nitrogens with one attached hydrogen (secondary N) is 3. The fraction of sp³-hybridized carbons (Fsp3) is 0.639. The van der Waals surface area contributed by atoms with Gasteiger partial charge in [0.15, 0.2) is 0 Å². The van der Waals surface area contributed by atoms with Gasteiger partial charge >= 0.3 is 0 Å². The second-order valence-electron chi connectivity index (χ2n) is 15.7. The molecule has 0 aromatic heterocycles. The van der Waals surface area contributed by atoms with E-state index in [9.17, 15) is 29.7 Å². The molecule has 280 valence electrons. The minimum absolute atomic E-state index is 0.00174. The van der Waals surface area contributed by atoms with Crippen molar-refractivity contribution >= 4 is 29.1 Å². The summed E-state index contributed by atoms with van der Waals surface area (Å²) in [5.41, 5.74) is 0.0272. The van der Waals surface area contributed by atoms with Gasteiger partial charge in [-0.3, -0.25) is 24.6 Å². The highest BCUT2D eigenvalue weighted by atomic mass is 16.7. The average molecular weight is 714 g/mol. The van der Waals surface area contributed by atoms with E-state index < -0.39 is 46.7 Å². The number of fused-ring (bicyclic) bond motifs is 6. The van der Waals surface area contributed by atoms with Crippen molar-refractivity contribution in [1.29, 1.82) is 0 Å². The molecule has 2 spiro atoms. The van der Waals surface area contributed by atoms with Crippen LogP contribution in [-0.2, 0) is 45.5 Å². The molecule has 2 heterocycles. The fourth-order valence-electron chi connectivity index (χ4n) is 8.87. The summed E-state index contributed by atoms with van der Waals surface area (Å²) >= 11 is 0. The van der Waals surface area contributed by atoms with Gasteiger partial charge in [-0.25, -0.2) is 0 Å². The molecule has 3 amide bonds. The monoisotopic (exact) mass is 713 g/mol. The highest BCUT2D eigenvalue weighted by Gasteiger charge is 2.73. The molecule has 1 aromatic rings. The lowest BCUT2D eigenvalue weighted by Crippen LogP contribution is -2.67.